The molecule has 0 amide bonds. The average molecular weight is 253 g/mol. The van der Waals surface area contributed by atoms with E-state index in [4.69, 9.17) is 5.73 Å². The molecule has 1 atom stereocenters. The van der Waals surface area contributed by atoms with Crippen molar-refractivity contribution in [3.63, 3.8) is 0 Å². The Kier molecular flexibility index (Phi) is 4.68. The van der Waals surface area contributed by atoms with Crippen LogP contribution in [0.25, 0.3) is 0 Å². The Balaban J connectivity index is 2.07. The number of hydrogen-bond donors (Lipinski definition) is 1. The van der Waals surface area contributed by atoms with Gasteiger partial charge in [-0.15, -0.1) is 0 Å². The summed E-state index contributed by atoms with van der Waals surface area (Å²) in [6.45, 7) is 7.96. The van der Waals surface area contributed by atoms with Gasteiger partial charge in [0.25, 0.3) is 0 Å². The minimum absolute atomic E-state index is 0.308. The van der Waals surface area contributed by atoms with Gasteiger partial charge in [-0.3, -0.25) is 9.80 Å². The van der Waals surface area contributed by atoms with E-state index in [9.17, 15) is 0 Å². The molecule has 0 aromatic rings. The van der Waals surface area contributed by atoms with E-state index < -0.39 is 0 Å². The maximum atomic E-state index is 5.82. The lowest BCUT2D eigenvalue weighted by Crippen LogP contribution is -2.64. The van der Waals surface area contributed by atoms with E-state index in [1.807, 2.05) is 0 Å². The zero-order valence-corrected chi connectivity index (χ0v) is 12.5. The summed E-state index contributed by atoms with van der Waals surface area (Å²) in [7, 11) is 2.27. The Morgan fingerprint density at radius 3 is 2.44 bits per heavy atom. The Labute approximate surface area is 113 Å². The summed E-state index contributed by atoms with van der Waals surface area (Å²) in [5, 5.41) is 0. The topological polar surface area (TPSA) is 32.5 Å². The number of hydrogen-bond acceptors (Lipinski definition) is 3. The summed E-state index contributed by atoms with van der Waals surface area (Å²) >= 11 is 0. The first kappa shape index (κ1) is 14.3. The van der Waals surface area contributed by atoms with Gasteiger partial charge in [-0.25, -0.2) is 0 Å². The molecule has 1 unspecified atom stereocenters. The van der Waals surface area contributed by atoms with Crippen molar-refractivity contribution in [3.05, 3.63) is 0 Å². The second-order valence-corrected chi connectivity index (χ2v) is 6.89. The van der Waals surface area contributed by atoms with Gasteiger partial charge in [0.1, 0.15) is 0 Å². The molecule has 0 spiro atoms. The van der Waals surface area contributed by atoms with Crippen molar-refractivity contribution in [1.82, 2.24) is 9.80 Å². The Bertz CT molecular complexity index is 258. The van der Waals surface area contributed by atoms with Crippen LogP contribution in [-0.4, -0.2) is 54.1 Å². The summed E-state index contributed by atoms with van der Waals surface area (Å²) < 4.78 is 0. The van der Waals surface area contributed by atoms with Crippen LogP contribution in [-0.2, 0) is 0 Å². The summed E-state index contributed by atoms with van der Waals surface area (Å²) in [6, 6.07) is 1.50. The minimum Gasteiger partial charge on any atom is -0.330 e. The van der Waals surface area contributed by atoms with Crippen molar-refractivity contribution in [1.29, 1.82) is 0 Å². The zero-order chi connectivity index (χ0) is 13.2. The van der Waals surface area contributed by atoms with Crippen molar-refractivity contribution < 1.29 is 0 Å². The average Bonchev–Trinajstić information content (AvgIpc) is 2.35. The van der Waals surface area contributed by atoms with Crippen LogP contribution in [0, 0.1) is 0 Å². The van der Waals surface area contributed by atoms with Crippen LogP contribution in [0.3, 0.4) is 0 Å². The Hall–Kier alpha value is -0.120. The fourth-order valence-electron chi connectivity index (χ4n) is 3.65. The molecule has 1 heterocycles. The zero-order valence-electron chi connectivity index (χ0n) is 12.5. The van der Waals surface area contributed by atoms with Crippen molar-refractivity contribution in [2.45, 2.75) is 70.0 Å². The van der Waals surface area contributed by atoms with Gasteiger partial charge in [0.15, 0.2) is 0 Å². The minimum atomic E-state index is 0.308. The fraction of sp³-hybridized carbons (Fsp3) is 1.00. The third-order valence-electron chi connectivity index (χ3n) is 5.10. The highest BCUT2D eigenvalue weighted by Crippen LogP contribution is 2.31. The third-order valence-corrected chi connectivity index (χ3v) is 5.10. The number of rotatable bonds is 3. The van der Waals surface area contributed by atoms with Crippen molar-refractivity contribution >= 4 is 0 Å². The quantitative estimate of drug-likeness (QED) is 0.835. The number of piperazine rings is 1. The van der Waals surface area contributed by atoms with E-state index in [2.05, 4.69) is 30.7 Å². The highest BCUT2D eigenvalue weighted by molar-refractivity contribution is 4.96. The largest absolute Gasteiger partial charge is 0.330 e. The van der Waals surface area contributed by atoms with E-state index >= 15 is 0 Å². The van der Waals surface area contributed by atoms with Crippen LogP contribution < -0.4 is 5.73 Å². The molecule has 106 valence electrons. The first-order chi connectivity index (χ1) is 8.54. The normalized spacial score (nSPS) is 31.7. The van der Waals surface area contributed by atoms with Crippen LogP contribution in [0.4, 0.5) is 0 Å². The molecule has 0 aromatic carbocycles. The van der Waals surface area contributed by atoms with Gasteiger partial charge in [0.2, 0.25) is 0 Å². The lowest BCUT2D eigenvalue weighted by atomic mass is 9.88. The molecule has 1 saturated heterocycles. The predicted octanol–water partition coefficient (Wildman–Crippen LogP) is 2.06. The smallest absolute Gasteiger partial charge is 0.0278 e. The van der Waals surface area contributed by atoms with Gasteiger partial charge in [-0.05, 0) is 46.7 Å². The monoisotopic (exact) mass is 253 g/mol. The van der Waals surface area contributed by atoms with Crippen molar-refractivity contribution in [3.8, 4) is 0 Å². The van der Waals surface area contributed by atoms with Gasteiger partial charge in [0.05, 0.1) is 0 Å². The number of nitrogens with zero attached hydrogens (tertiary/aromatic N) is 2. The molecule has 2 rings (SSSR count). The van der Waals surface area contributed by atoms with Gasteiger partial charge in [-0.1, -0.05) is 19.3 Å². The second kappa shape index (κ2) is 5.89. The van der Waals surface area contributed by atoms with Gasteiger partial charge < -0.3 is 5.73 Å². The molecule has 0 bridgehead atoms. The lowest BCUT2D eigenvalue weighted by molar-refractivity contribution is -0.0344. The van der Waals surface area contributed by atoms with Crippen molar-refractivity contribution in [2.24, 2.45) is 5.73 Å². The summed E-state index contributed by atoms with van der Waals surface area (Å²) in [5.74, 6) is 0. The summed E-state index contributed by atoms with van der Waals surface area (Å²) in [5.41, 5.74) is 6.13. The maximum absolute atomic E-state index is 5.82. The standard InChI is InChI=1S/C15H31N3/c1-15(2)12-18(13-7-5-4-6-8-13)14(9-10-16)11-17(15)3/h13-14H,4-12,16H2,1-3H3. The van der Waals surface area contributed by atoms with E-state index in [-0.39, 0.29) is 0 Å². The summed E-state index contributed by atoms with van der Waals surface area (Å²) in [4.78, 5) is 5.32. The van der Waals surface area contributed by atoms with E-state index in [0.717, 1.165) is 19.0 Å². The molecule has 3 heteroatoms. The molecule has 1 aliphatic heterocycles. The summed E-state index contributed by atoms with van der Waals surface area (Å²) in [6.07, 6.45) is 8.24. The first-order valence-electron chi connectivity index (χ1n) is 7.71. The highest BCUT2D eigenvalue weighted by atomic mass is 15.3. The van der Waals surface area contributed by atoms with Gasteiger partial charge >= 0.3 is 0 Å². The van der Waals surface area contributed by atoms with Crippen LogP contribution in [0.2, 0.25) is 0 Å². The molecule has 3 nitrogen and oxygen atoms in total. The Morgan fingerprint density at radius 2 is 1.83 bits per heavy atom. The molecule has 18 heavy (non-hydrogen) atoms. The van der Waals surface area contributed by atoms with Gasteiger partial charge in [0, 0.05) is 30.7 Å². The first-order valence-corrected chi connectivity index (χ1v) is 7.71. The molecule has 1 aliphatic carbocycles. The predicted molar refractivity (Wildman–Crippen MR) is 77.7 cm³/mol. The third kappa shape index (κ3) is 3.06. The van der Waals surface area contributed by atoms with E-state index in [0.29, 0.717) is 11.6 Å². The molecule has 2 fully saturated rings. The number of nitrogens with two attached hydrogens (primary N) is 1. The van der Waals surface area contributed by atoms with Crippen LogP contribution in [0.1, 0.15) is 52.4 Å². The van der Waals surface area contributed by atoms with Crippen LogP contribution in [0.15, 0.2) is 0 Å². The number of likely N-dealkylation sites (N-methyl/N-ethyl adjacent to an activating group) is 1. The maximum Gasteiger partial charge on any atom is 0.0278 e. The van der Waals surface area contributed by atoms with Crippen molar-refractivity contribution in [2.75, 3.05) is 26.7 Å². The second-order valence-electron chi connectivity index (χ2n) is 6.89. The molecular formula is C15H31N3. The SMILES string of the molecule is CN1CC(CCN)N(C2CCCCC2)CC1(C)C. The molecule has 2 N–H and O–H groups in total. The fourth-order valence-corrected chi connectivity index (χ4v) is 3.65. The van der Waals surface area contributed by atoms with Gasteiger partial charge in [-0.2, -0.15) is 0 Å². The molecular weight excluding hydrogens is 222 g/mol. The van der Waals surface area contributed by atoms with Crippen LogP contribution in [0.5, 0.6) is 0 Å². The lowest BCUT2D eigenvalue weighted by Gasteiger charge is -2.53. The molecule has 2 aliphatic rings. The molecule has 0 aromatic heterocycles. The molecule has 1 saturated carbocycles. The van der Waals surface area contributed by atoms with E-state index in [1.165, 1.54) is 45.2 Å². The Morgan fingerprint density at radius 1 is 1.17 bits per heavy atom. The van der Waals surface area contributed by atoms with Crippen LogP contribution >= 0.6 is 0 Å². The molecule has 0 radical (unpaired) electrons. The van der Waals surface area contributed by atoms with E-state index in [1.54, 1.807) is 0 Å². The highest BCUT2D eigenvalue weighted by Gasteiger charge is 2.39.